The van der Waals surface area contributed by atoms with Crippen molar-refractivity contribution >= 4 is 23.5 Å². The molecule has 0 aromatic heterocycles. The molecule has 142 valence electrons. The second kappa shape index (κ2) is 9.49. The van der Waals surface area contributed by atoms with Crippen molar-refractivity contribution in [3.8, 4) is 11.5 Å². The molecule has 0 aliphatic carbocycles. The van der Waals surface area contributed by atoms with E-state index in [1.165, 1.54) is 25.3 Å². The van der Waals surface area contributed by atoms with Gasteiger partial charge >= 0.3 is 11.9 Å². The summed E-state index contributed by atoms with van der Waals surface area (Å²) in [5.74, 6) is -2.47. The molecule has 0 amide bonds. The lowest BCUT2D eigenvalue weighted by molar-refractivity contribution is -0.138. The van der Waals surface area contributed by atoms with E-state index in [4.69, 9.17) is 25.8 Å². The van der Waals surface area contributed by atoms with Gasteiger partial charge in [-0.05, 0) is 18.2 Å². The highest BCUT2D eigenvalue weighted by molar-refractivity contribution is 6.31. The molecular formula is C19H17ClO7. The molecule has 2 rings (SSSR count). The number of methoxy groups -OCH3 is 2. The quantitative estimate of drug-likeness (QED) is 0.416. The zero-order chi connectivity index (χ0) is 19.8. The molecule has 0 saturated heterocycles. The summed E-state index contributed by atoms with van der Waals surface area (Å²) in [6, 6.07) is 11.4. The second-order valence-corrected chi connectivity index (χ2v) is 5.53. The minimum absolute atomic E-state index is 0.0567. The minimum atomic E-state index is -1.29. The number of carboxylic acid groups (broad SMARTS) is 1. The van der Waals surface area contributed by atoms with Gasteiger partial charge in [0, 0.05) is 10.6 Å². The lowest BCUT2D eigenvalue weighted by Gasteiger charge is -2.14. The van der Waals surface area contributed by atoms with Gasteiger partial charge in [-0.2, -0.15) is 0 Å². The van der Waals surface area contributed by atoms with Gasteiger partial charge in [0.1, 0.15) is 29.9 Å². The average molecular weight is 393 g/mol. The summed E-state index contributed by atoms with van der Waals surface area (Å²) >= 11 is 6.08. The number of esters is 1. The molecule has 2 aromatic carbocycles. The van der Waals surface area contributed by atoms with Crippen molar-refractivity contribution in [2.45, 2.75) is 6.61 Å². The highest BCUT2D eigenvalue weighted by atomic mass is 35.5. The number of benzene rings is 2. The molecule has 0 aliphatic heterocycles. The Labute approximate surface area is 160 Å². The van der Waals surface area contributed by atoms with Crippen molar-refractivity contribution in [2.75, 3.05) is 14.2 Å². The molecule has 2 aromatic rings. The Morgan fingerprint density at radius 2 is 1.78 bits per heavy atom. The summed E-state index contributed by atoms with van der Waals surface area (Å²) in [5, 5.41) is 10.1. The molecule has 27 heavy (non-hydrogen) atoms. The highest BCUT2D eigenvalue weighted by Gasteiger charge is 2.22. The fourth-order valence-electron chi connectivity index (χ4n) is 2.14. The van der Waals surface area contributed by atoms with Crippen LogP contribution in [0.4, 0.5) is 0 Å². The SMILES string of the molecule is CO/C=C(/Oc1cccc(OCc2ccccc2Cl)c1C(=O)O)C(=O)OC. The number of hydrogen-bond donors (Lipinski definition) is 1. The lowest BCUT2D eigenvalue weighted by Crippen LogP contribution is -2.14. The molecular weight excluding hydrogens is 376 g/mol. The number of aromatic carboxylic acids is 1. The fourth-order valence-corrected chi connectivity index (χ4v) is 2.33. The predicted molar refractivity (Wildman–Crippen MR) is 96.9 cm³/mol. The Bertz CT molecular complexity index is 861. The molecule has 0 aliphatic rings. The first-order chi connectivity index (χ1) is 13.0. The molecule has 7 nitrogen and oxygen atoms in total. The van der Waals surface area contributed by atoms with Gasteiger partial charge in [0.05, 0.1) is 14.2 Å². The number of ether oxygens (including phenoxy) is 4. The number of carboxylic acids is 1. The van der Waals surface area contributed by atoms with Gasteiger partial charge in [-0.1, -0.05) is 35.9 Å². The predicted octanol–water partition coefficient (Wildman–Crippen LogP) is 3.66. The molecule has 0 spiro atoms. The van der Waals surface area contributed by atoms with Crippen LogP contribution in [-0.2, 0) is 20.9 Å². The van der Waals surface area contributed by atoms with Crippen LogP contribution in [0.1, 0.15) is 15.9 Å². The minimum Gasteiger partial charge on any atom is -0.500 e. The van der Waals surface area contributed by atoms with Crippen molar-refractivity contribution < 1.29 is 33.6 Å². The van der Waals surface area contributed by atoms with Gasteiger partial charge in [-0.3, -0.25) is 0 Å². The lowest BCUT2D eigenvalue weighted by atomic mass is 10.1. The van der Waals surface area contributed by atoms with E-state index in [1.807, 2.05) is 0 Å². The van der Waals surface area contributed by atoms with Gasteiger partial charge < -0.3 is 24.1 Å². The maximum absolute atomic E-state index is 11.7. The van der Waals surface area contributed by atoms with Crippen LogP contribution in [0.2, 0.25) is 5.02 Å². The number of hydrogen-bond acceptors (Lipinski definition) is 6. The first kappa shape index (κ1) is 20.1. The van der Waals surface area contributed by atoms with E-state index >= 15 is 0 Å². The molecule has 0 unspecified atom stereocenters. The van der Waals surface area contributed by atoms with Crippen LogP contribution in [0, 0.1) is 0 Å². The zero-order valence-electron chi connectivity index (χ0n) is 14.6. The van der Waals surface area contributed by atoms with E-state index < -0.39 is 11.9 Å². The molecule has 0 saturated carbocycles. The smallest absolute Gasteiger partial charge is 0.377 e. The van der Waals surface area contributed by atoms with Crippen LogP contribution >= 0.6 is 11.6 Å². The Balaban J connectivity index is 2.33. The molecule has 0 heterocycles. The Hall–Kier alpha value is -3.19. The number of rotatable bonds is 8. The third kappa shape index (κ3) is 5.15. The van der Waals surface area contributed by atoms with Crippen LogP contribution in [0.3, 0.4) is 0 Å². The summed E-state index contributed by atoms with van der Waals surface area (Å²) in [6.07, 6.45) is 1.01. The van der Waals surface area contributed by atoms with Crippen molar-refractivity contribution in [3.05, 3.63) is 70.6 Å². The van der Waals surface area contributed by atoms with E-state index in [-0.39, 0.29) is 29.4 Å². The van der Waals surface area contributed by atoms with Crippen molar-refractivity contribution in [2.24, 2.45) is 0 Å². The molecule has 0 radical (unpaired) electrons. The van der Waals surface area contributed by atoms with Crippen LogP contribution in [-0.4, -0.2) is 31.3 Å². The topological polar surface area (TPSA) is 91.3 Å². The maximum Gasteiger partial charge on any atom is 0.377 e. The highest BCUT2D eigenvalue weighted by Crippen LogP contribution is 2.31. The van der Waals surface area contributed by atoms with Crippen LogP contribution < -0.4 is 9.47 Å². The average Bonchev–Trinajstić information content (AvgIpc) is 2.66. The van der Waals surface area contributed by atoms with E-state index in [2.05, 4.69) is 4.74 Å². The third-order valence-electron chi connectivity index (χ3n) is 3.37. The Morgan fingerprint density at radius 1 is 1.07 bits per heavy atom. The summed E-state index contributed by atoms with van der Waals surface area (Å²) in [4.78, 5) is 23.5. The maximum atomic E-state index is 11.7. The number of halogens is 1. The molecule has 0 bridgehead atoms. The second-order valence-electron chi connectivity index (χ2n) is 5.13. The van der Waals surface area contributed by atoms with Gasteiger partial charge in [0.15, 0.2) is 0 Å². The van der Waals surface area contributed by atoms with E-state index in [0.29, 0.717) is 10.6 Å². The van der Waals surface area contributed by atoms with Gasteiger partial charge in [-0.25, -0.2) is 9.59 Å². The molecule has 8 heteroatoms. The molecule has 1 N–H and O–H groups in total. The third-order valence-corrected chi connectivity index (χ3v) is 3.74. The van der Waals surface area contributed by atoms with E-state index in [1.54, 1.807) is 24.3 Å². The first-order valence-electron chi connectivity index (χ1n) is 7.69. The standard InChI is InChI=1S/C19H17ClO7/c1-24-11-16(19(23)25-2)27-15-9-5-8-14(17(15)18(21)22)26-10-12-6-3-4-7-13(12)20/h3-9,11H,10H2,1-2H3,(H,21,22)/b16-11+. The summed E-state index contributed by atoms with van der Waals surface area (Å²) in [7, 11) is 2.48. The van der Waals surface area contributed by atoms with Crippen LogP contribution in [0.5, 0.6) is 11.5 Å². The van der Waals surface area contributed by atoms with Crippen molar-refractivity contribution in [1.29, 1.82) is 0 Å². The summed E-state index contributed by atoms with van der Waals surface area (Å²) < 4.78 is 20.4. The molecule has 0 fully saturated rings. The van der Waals surface area contributed by atoms with Crippen LogP contribution in [0.25, 0.3) is 0 Å². The normalized spacial score (nSPS) is 10.9. The summed E-state index contributed by atoms with van der Waals surface area (Å²) in [6.45, 7) is 0.0567. The monoisotopic (exact) mass is 392 g/mol. The van der Waals surface area contributed by atoms with Crippen molar-refractivity contribution in [1.82, 2.24) is 0 Å². The summed E-state index contributed by atoms with van der Waals surface area (Å²) in [5.41, 5.74) is 0.437. The zero-order valence-corrected chi connectivity index (χ0v) is 15.4. The van der Waals surface area contributed by atoms with E-state index in [9.17, 15) is 14.7 Å². The largest absolute Gasteiger partial charge is 0.500 e. The van der Waals surface area contributed by atoms with E-state index in [0.717, 1.165) is 13.4 Å². The van der Waals surface area contributed by atoms with Crippen LogP contribution in [0.15, 0.2) is 54.5 Å². The van der Waals surface area contributed by atoms with Crippen molar-refractivity contribution in [3.63, 3.8) is 0 Å². The Kier molecular flexibility index (Phi) is 7.08. The molecule has 0 atom stereocenters. The first-order valence-corrected chi connectivity index (χ1v) is 8.07. The number of carbonyl (C=O) groups is 2. The number of carbonyl (C=O) groups excluding carboxylic acids is 1. The van der Waals surface area contributed by atoms with Gasteiger partial charge in [-0.15, -0.1) is 0 Å². The fraction of sp³-hybridized carbons (Fsp3) is 0.158. The Morgan fingerprint density at radius 3 is 2.41 bits per heavy atom. The van der Waals surface area contributed by atoms with Gasteiger partial charge in [0.2, 0.25) is 5.76 Å². The van der Waals surface area contributed by atoms with Gasteiger partial charge in [0.25, 0.3) is 0 Å².